The van der Waals surface area contributed by atoms with Crippen molar-refractivity contribution in [1.82, 2.24) is 4.98 Å². The molecule has 0 spiro atoms. The van der Waals surface area contributed by atoms with Crippen molar-refractivity contribution in [1.29, 1.82) is 0 Å². The van der Waals surface area contributed by atoms with Crippen LogP contribution in [-0.4, -0.2) is 4.98 Å². The van der Waals surface area contributed by atoms with E-state index in [1.807, 2.05) is 6.07 Å². The predicted octanol–water partition coefficient (Wildman–Crippen LogP) is 12.9. The highest BCUT2D eigenvalue weighted by Crippen LogP contribution is 2.44. The Morgan fingerprint density at radius 2 is 0.667 bits per heavy atom. The summed E-state index contributed by atoms with van der Waals surface area (Å²) in [4.78, 5) is 5.17. The molecule has 0 unspecified atom stereocenters. The van der Waals surface area contributed by atoms with E-state index < -0.39 is 0 Å². The summed E-state index contributed by atoms with van der Waals surface area (Å²) in [5, 5.41) is 7.53. The monoisotopic (exact) mass is 609 g/mol. The lowest BCUT2D eigenvalue weighted by atomic mass is 9.85. The maximum Gasteiger partial charge on any atom is 0.0715 e. The lowest BCUT2D eigenvalue weighted by Crippen LogP contribution is -1.92. The van der Waals surface area contributed by atoms with Crippen LogP contribution in [0.1, 0.15) is 0 Å². The van der Waals surface area contributed by atoms with E-state index in [2.05, 4.69) is 182 Å². The van der Waals surface area contributed by atoms with Crippen LogP contribution in [0.25, 0.3) is 88.2 Å². The van der Waals surface area contributed by atoms with E-state index in [4.69, 9.17) is 4.98 Å². The predicted molar refractivity (Wildman–Crippen MR) is 204 cm³/mol. The second-order valence-electron chi connectivity index (χ2n) is 12.3. The van der Waals surface area contributed by atoms with E-state index in [1.54, 1.807) is 0 Å². The zero-order valence-corrected chi connectivity index (χ0v) is 26.3. The fourth-order valence-corrected chi connectivity index (χ4v) is 7.14. The van der Waals surface area contributed by atoms with Gasteiger partial charge in [-0.15, -0.1) is 0 Å². The van der Waals surface area contributed by atoms with Gasteiger partial charge in [0.15, 0.2) is 0 Å². The molecular formula is C47H31N. The maximum absolute atomic E-state index is 5.17. The Hall–Kier alpha value is -6.31. The van der Waals surface area contributed by atoms with Crippen molar-refractivity contribution in [3.8, 4) is 55.9 Å². The van der Waals surface area contributed by atoms with Crippen molar-refractivity contribution < 1.29 is 0 Å². The van der Waals surface area contributed by atoms with Crippen molar-refractivity contribution in [2.45, 2.75) is 0 Å². The Balaban J connectivity index is 1.21. The quantitative estimate of drug-likeness (QED) is 0.177. The summed E-state index contributed by atoms with van der Waals surface area (Å²) in [7, 11) is 0. The van der Waals surface area contributed by atoms with E-state index in [0.29, 0.717) is 0 Å². The topological polar surface area (TPSA) is 12.9 Å². The summed E-state index contributed by atoms with van der Waals surface area (Å²) in [6, 6.07) is 67.5. The summed E-state index contributed by atoms with van der Waals surface area (Å²) < 4.78 is 0. The molecule has 0 saturated heterocycles. The van der Waals surface area contributed by atoms with Crippen molar-refractivity contribution in [2.75, 3.05) is 0 Å². The van der Waals surface area contributed by atoms with E-state index in [9.17, 15) is 0 Å². The molecule has 0 N–H and O–H groups in total. The lowest BCUT2D eigenvalue weighted by molar-refractivity contribution is 1.32. The zero-order chi connectivity index (χ0) is 31.9. The van der Waals surface area contributed by atoms with Crippen LogP contribution < -0.4 is 0 Å². The van der Waals surface area contributed by atoms with Gasteiger partial charge in [0.05, 0.1) is 11.4 Å². The van der Waals surface area contributed by atoms with Gasteiger partial charge >= 0.3 is 0 Å². The first-order valence-electron chi connectivity index (χ1n) is 16.5. The summed E-state index contributed by atoms with van der Waals surface area (Å²) in [6.07, 6.45) is 0. The Kier molecular flexibility index (Phi) is 6.87. The van der Waals surface area contributed by atoms with E-state index in [1.165, 1.54) is 60.1 Å². The van der Waals surface area contributed by atoms with Crippen molar-refractivity contribution in [3.05, 3.63) is 188 Å². The third kappa shape index (κ3) is 4.94. The molecule has 9 rings (SSSR count). The minimum atomic E-state index is 0.961. The SMILES string of the molecule is c1ccc(-c2cc(-c3ccccc3)nc(-c3ccc(-c4c5ccccc5c(-c5ccc6ccccc6c5)c5ccccc45)cc3)c2)cc1. The van der Waals surface area contributed by atoms with Crippen LogP contribution in [0, 0.1) is 0 Å². The molecule has 0 amide bonds. The number of hydrogen-bond acceptors (Lipinski definition) is 1. The number of hydrogen-bond donors (Lipinski definition) is 0. The van der Waals surface area contributed by atoms with Gasteiger partial charge in [0, 0.05) is 11.1 Å². The fourth-order valence-electron chi connectivity index (χ4n) is 7.14. The number of benzene rings is 8. The number of pyridine rings is 1. The zero-order valence-electron chi connectivity index (χ0n) is 26.3. The molecular weight excluding hydrogens is 579 g/mol. The van der Waals surface area contributed by atoms with E-state index >= 15 is 0 Å². The molecule has 0 radical (unpaired) electrons. The highest BCUT2D eigenvalue weighted by atomic mass is 14.7. The first-order valence-corrected chi connectivity index (χ1v) is 16.5. The number of nitrogens with zero attached hydrogens (tertiary/aromatic N) is 1. The highest BCUT2D eigenvalue weighted by molar-refractivity contribution is 6.21. The van der Waals surface area contributed by atoms with Gasteiger partial charge in [-0.2, -0.15) is 0 Å². The molecule has 1 aromatic heterocycles. The minimum Gasteiger partial charge on any atom is -0.248 e. The second kappa shape index (κ2) is 11.8. The molecule has 0 atom stereocenters. The number of aromatic nitrogens is 1. The average molecular weight is 610 g/mol. The Labute approximate surface area is 280 Å². The Morgan fingerprint density at radius 3 is 1.25 bits per heavy atom. The minimum absolute atomic E-state index is 0.961. The van der Waals surface area contributed by atoms with Crippen LogP contribution >= 0.6 is 0 Å². The molecule has 0 aliphatic carbocycles. The molecule has 0 aliphatic heterocycles. The standard InChI is InChI=1S/C47H31N/c1-3-13-32(14-4-1)39-30-44(34-16-5-2-6-17-34)48-45(31-39)35-24-26-36(27-25-35)46-40-19-9-11-21-42(40)47(43-22-12-10-20-41(43)46)38-28-23-33-15-7-8-18-37(33)29-38/h1-31H. The van der Waals surface area contributed by atoms with E-state index in [-0.39, 0.29) is 0 Å². The summed E-state index contributed by atoms with van der Waals surface area (Å²) in [5.74, 6) is 0. The summed E-state index contributed by atoms with van der Waals surface area (Å²) in [5.41, 5.74) is 11.4. The molecule has 224 valence electrons. The first kappa shape index (κ1) is 28.0. The number of fused-ring (bicyclic) bond motifs is 3. The van der Waals surface area contributed by atoms with Crippen LogP contribution in [0.3, 0.4) is 0 Å². The summed E-state index contributed by atoms with van der Waals surface area (Å²) >= 11 is 0. The van der Waals surface area contributed by atoms with Crippen LogP contribution in [0.4, 0.5) is 0 Å². The Morgan fingerprint density at radius 1 is 0.250 bits per heavy atom. The molecule has 9 aromatic rings. The van der Waals surface area contributed by atoms with Crippen molar-refractivity contribution >= 4 is 32.3 Å². The lowest BCUT2D eigenvalue weighted by Gasteiger charge is -2.18. The molecule has 0 fully saturated rings. The van der Waals surface area contributed by atoms with Gasteiger partial charge in [-0.25, -0.2) is 4.98 Å². The van der Waals surface area contributed by atoms with Gasteiger partial charge in [-0.05, 0) is 83.9 Å². The molecule has 8 aromatic carbocycles. The second-order valence-corrected chi connectivity index (χ2v) is 12.3. The average Bonchev–Trinajstić information content (AvgIpc) is 3.17. The molecule has 1 heteroatoms. The van der Waals surface area contributed by atoms with Crippen LogP contribution in [-0.2, 0) is 0 Å². The van der Waals surface area contributed by atoms with Gasteiger partial charge in [0.1, 0.15) is 0 Å². The van der Waals surface area contributed by atoms with Crippen molar-refractivity contribution in [2.24, 2.45) is 0 Å². The third-order valence-electron chi connectivity index (χ3n) is 9.44. The van der Waals surface area contributed by atoms with Gasteiger partial charge in [-0.3, -0.25) is 0 Å². The van der Waals surface area contributed by atoms with Crippen LogP contribution in [0.2, 0.25) is 0 Å². The first-order chi connectivity index (χ1) is 23.8. The number of rotatable bonds is 5. The normalized spacial score (nSPS) is 11.3. The molecule has 0 bridgehead atoms. The largest absolute Gasteiger partial charge is 0.248 e. The van der Waals surface area contributed by atoms with Crippen molar-refractivity contribution in [3.63, 3.8) is 0 Å². The summed E-state index contributed by atoms with van der Waals surface area (Å²) in [6.45, 7) is 0. The van der Waals surface area contributed by atoms with Gasteiger partial charge in [0.2, 0.25) is 0 Å². The maximum atomic E-state index is 5.17. The smallest absolute Gasteiger partial charge is 0.0715 e. The molecule has 1 nitrogen and oxygen atoms in total. The fraction of sp³-hybridized carbons (Fsp3) is 0. The van der Waals surface area contributed by atoms with Crippen LogP contribution in [0.5, 0.6) is 0 Å². The van der Waals surface area contributed by atoms with Gasteiger partial charge in [-0.1, -0.05) is 170 Å². The molecule has 48 heavy (non-hydrogen) atoms. The molecule has 0 saturated carbocycles. The van der Waals surface area contributed by atoms with Gasteiger partial charge < -0.3 is 0 Å². The van der Waals surface area contributed by atoms with E-state index in [0.717, 1.165) is 28.1 Å². The van der Waals surface area contributed by atoms with Crippen LogP contribution in [0.15, 0.2) is 188 Å². The molecule has 1 heterocycles. The van der Waals surface area contributed by atoms with Gasteiger partial charge in [0.25, 0.3) is 0 Å². The Bertz CT molecular complexity index is 2470. The molecule has 0 aliphatic rings. The third-order valence-corrected chi connectivity index (χ3v) is 9.44. The highest BCUT2D eigenvalue weighted by Gasteiger charge is 2.17.